The van der Waals surface area contributed by atoms with Crippen LogP contribution in [0.25, 0.3) is 11.8 Å². The fourth-order valence-electron chi connectivity index (χ4n) is 2.51. The van der Waals surface area contributed by atoms with Gasteiger partial charge in [-0.1, -0.05) is 6.07 Å². The molecule has 0 radical (unpaired) electrons. The van der Waals surface area contributed by atoms with Crippen molar-refractivity contribution in [3.05, 3.63) is 64.1 Å². The van der Waals surface area contributed by atoms with E-state index in [1.165, 1.54) is 17.0 Å². The van der Waals surface area contributed by atoms with E-state index in [1.54, 1.807) is 35.0 Å². The van der Waals surface area contributed by atoms with Crippen LogP contribution < -0.4 is 5.32 Å². The molecule has 1 saturated heterocycles. The summed E-state index contributed by atoms with van der Waals surface area (Å²) in [5.74, 6) is -0.186. The molecule has 0 bridgehead atoms. The molecule has 3 rings (SSSR count). The Morgan fingerprint density at radius 3 is 2.79 bits per heavy atom. The quantitative estimate of drug-likeness (QED) is 0.400. The van der Waals surface area contributed by atoms with Crippen molar-refractivity contribution in [2.24, 2.45) is 0 Å². The fourth-order valence-corrected chi connectivity index (χ4v) is 2.83. The lowest BCUT2D eigenvalue weighted by Gasteiger charge is -2.09. The zero-order chi connectivity index (χ0) is 17.3. The molecule has 2 heterocycles. The molecule has 1 aliphatic rings. The van der Waals surface area contributed by atoms with Crippen molar-refractivity contribution in [3.8, 4) is 5.69 Å². The van der Waals surface area contributed by atoms with Crippen LogP contribution >= 0.6 is 12.2 Å². The van der Waals surface area contributed by atoms with E-state index < -0.39 is 4.92 Å². The predicted molar refractivity (Wildman–Crippen MR) is 93.5 cm³/mol. The minimum Gasteiger partial charge on any atom is -0.328 e. The third-order valence-electron chi connectivity index (χ3n) is 3.67. The van der Waals surface area contributed by atoms with E-state index >= 15 is 0 Å². The van der Waals surface area contributed by atoms with Gasteiger partial charge in [0.25, 0.3) is 11.6 Å². The number of non-ortho nitro benzene ring substituents is 1. The number of hydrogen-bond acceptors (Lipinski definition) is 4. The Morgan fingerprint density at radius 2 is 2.12 bits per heavy atom. The van der Waals surface area contributed by atoms with Crippen molar-refractivity contribution in [2.45, 2.75) is 6.92 Å². The SMILES string of the molecule is CCN1C(=O)/C(=C\c2cccn2-c2cccc([N+](=O)[O-])c2)NC1=S. The Labute approximate surface area is 143 Å². The van der Waals surface area contributed by atoms with Crippen LogP contribution in [0.2, 0.25) is 0 Å². The van der Waals surface area contributed by atoms with Crippen LogP contribution in [0.15, 0.2) is 48.3 Å². The van der Waals surface area contributed by atoms with E-state index in [0.717, 1.165) is 0 Å². The first-order valence-electron chi connectivity index (χ1n) is 7.28. The molecule has 0 unspecified atom stereocenters. The lowest BCUT2D eigenvalue weighted by Crippen LogP contribution is -2.30. The number of nitrogens with zero attached hydrogens (tertiary/aromatic N) is 3. The molecule has 24 heavy (non-hydrogen) atoms. The minimum atomic E-state index is -0.440. The molecular formula is C16H14N4O3S. The van der Waals surface area contributed by atoms with Crippen LogP contribution in [0.4, 0.5) is 5.69 Å². The lowest BCUT2D eigenvalue weighted by molar-refractivity contribution is -0.384. The number of amides is 1. The summed E-state index contributed by atoms with van der Waals surface area (Å²) in [7, 11) is 0. The van der Waals surface area contributed by atoms with Crippen LogP contribution in [0, 0.1) is 10.1 Å². The summed E-state index contributed by atoms with van der Waals surface area (Å²) >= 11 is 5.13. The number of likely N-dealkylation sites (N-methyl/N-ethyl adjacent to an activating group) is 1. The normalized spacial score (nSPS) is 15.9. The summed E-state index contributed by atoms with van der Waals surface area (Å²) in [6.07, 6.45) is 3.46. The minimum absolute atomic E-state index is 0.00760. The van der Waals surface area contributed by atoms with E-state index in [0.29, 0.717) is 28.7 Å². The van der Waals surface area contributed by atoms with Crippen molar-refractivity contribution in [3.63, 3.8) is 0 Å². The number of carbonyl (C=O) groups excluding carboxylic acids is 1. The molecule has 1 amide bonds. The predicted octanol–water partition coefficient (Wildman–Crippen LogP) is 2.46. The number of benzene rings is 1. The molecule has 0 saturated carbocycles. The van der Waals surface area contributed by atoms with Gasteiger partial charge in [0.05, 0.1) is 10.6 Å². The average Bonchev–Trinajstić information content (AvgIpc) is 3.12. The van der Waals surface area contributed by atoms with Gasteiger partial charge in [-0.05, 0) is 43.4 Å². The largest absolute Gasteiger partial charge is 0.328 e. The highest BCUT2D eigenvalue weighted by Gasteiger charge is 2.29. The number of nitro groups is 1. The number of nitro benzene ring substituents is 1. The van der Waals surface area contributed by atoms with Gasteiger partial charge in [-0.25, -0.2) is 0 Å². The number of nitrogens with one attached hydrogen (secondary N) is 1. The summed E-state index contributed by atoms with van der Waals surface area (Å²) in [6, 6.07) is 9.93. The smallest absolute Gasteiger partial charge is 0.276 e. The number of thiocarbonyl (C=S) groups is 1. The molecule has 1 aromatic heterocycles. The number of hydrogen-bond donors (Lipinski definition) is 1. The van der Waals surface area contributed by atoms with Gasteiger partial charge in [0.15, 0.2) is 5.11 Å². The van der Waals surface area contributed by atoms with Crippen LogP contribution in [-0.2, 0) is 4.79 Å². The summed E-state index contributed by atoms with van der Waals surface area (Å²) in [5, 5.41) is 14.2. The maximum Gasteiger partial charge on any atom is 0.276 e. The molecule has 2 aromatic rings. The maximum absolute atomic E-state index is 12.3. The molecular weight excluding hydrogens is 328 g/mol. The molecule has 1 aromatic carbocycles. The molecule has 1 N–H and O–H groups in total. The molecule has 1 fully saturated rings. The van der Waals surface area contributed by atoms with E-state index in [4.69, 9.17) is 12.2 Å². The van der Waals surface area contributed by atoms with Crippen molar-refractivity contribution < 1.29 is 9.72 Å². The van der Waals surface area contributed by atoms with Gasteiger partial charge >= 0.3 is 0 Å². The van der Waals surface area contributed by atoms with E-state index in [1.807, 2.05) is 13.0 Å². The van der Waals surface area contributed by atoms with Crippen molar-refractivity contribution >= 4 is 35.0 Å². The second-order valence-electron chi connectivity index (χ2n) is 5.12. The lowest BCUT2D eigenvalue weighted by atomic mass is 10.2. The topological polar surface area (TPSA) is 80.4 Å². The molecule has 122 valence electrons. The van der Waals surface area contributed by atoms with Crippen LogP contribution in [0.3, 0.4) is 0 Å². The second-order valence-corrected chi connectivity index (χ2v) is 5.50. The van der Waals surface area contributed by atoms with Gasteiger partial charge in [-0.3, -0.25) is 19.8 Å². The number of rotatable bonds is 4. The molecule has 0 atom stereocenters. The summed E-state index contributed by atoms with van der Waals surface area (Å²) in [4.78, 5) is 24.3. The van der Waals surface area contributed by atoms with Crippen molar-refractivity contribution in [1.82, 2.24) is 14.8 Å². The van der Waals surface area contributed by atoms with E-state index in [2.05, 4.69) is 5.32 Å². The van der Waals surface area contributed by atoms with Gasteiger partial charge < -0.3 is 9.88 Å². The first-order valence-corrected chi connectivity index (χ1v) is 7.69. The van der Waals surface area contributed by atoms with E-state index in [-0.39, 0.29) is 11.6 Å². The number of carbonyl (C=O) groups is 1. The van der Waals surface area contributed by atoms with Gasteiger partial charge in [-0.15, -0.1) is 0 Å². The van der Waals surface area contributed by atoms with Crippen LogP contribution in [0.5, 0.6) is 0 Å². The monoisotopic (exact) mass is 342 g/mol. The Bertz CT molecular complexity index is 872. The molecule has 0 aliphatic carbocycles. The Morgan fingerprint density at radius 1 is 1.33 bits per heavy atom. The van der Waals surface area contributed by atoms with Crippen LogP contribution in [-0.4, -0.2) is 32.0 Å². The third-order valence-corrected chi connectivity index (χ3v) is 3.99. The highest BCUT2D eigenvalue weighted by molar-refractivity contribution is 7.80. The summed E-state index contributed by atoms with van der Waals surface area (Å²) < 4.78 is 1.77. The molecule has 0 spiro atoms. The maximum atomic E-state index is 12.3. The zero-order valence-corrected chi connectivity index (χ0v) is 13.6. The summed E-state index contributed by atoms with van der Waals surface area (Å²) in [5.41, 5.74) is 1.74. The van der Waals surface area contributed by atoms with E-state index in [9.17, 15) is 14.9 Å². The highest BCUT2D eigenvalue weighted by atomic mass is 32.1. The molecule has 8 heteroatoms. The van der Waals surface area contributed by atoms with Crippen molar-refractivity contribution in [2.75, 3.05) is 6.54 Å². The van der Waals surface area contributed by atoms with Gasteiger partial charge in [0.1, 0.15) is 5.70 Å². The zero-order valence-electron chi connectivity index (χ0n) is 12.8. The first-order chi connectivity index (χ1) is 11.5. The van der Waals surface area contributed by atoms with Crippen molar-refractivity contribution in [1.29, 1.82) is 0 Å². The molecule has 1 aliphatic heterocycles. The summed E-state index contributed by atoms with van der Waals surface area (Å²) in [6.45, 7) is 2.34. The standard InChI is InChI=1S/C16H14N4O3S/c1-2-18-15(21)14(17-16(18)24)10-12-7-4-8-19(12)11-5-3-6-13(9-11)20(22)23/h3-10H,2H2,1H3,(H,17,24)/b14-10+. The Kier molecular flexibility index (Phi) is 4.13. The van der Waals surface area contributed by atoms with Crippen LogP contribution in [0.1, 0.15) is 12.6 Å². The number of aromatic nitrogens is 1. The highest BCUT2D eigenvalue weighted by Crippen LogP contribution is 2.21. The van der Waals surface area contributed by atoms with Gasteiger partial charge in [0.2, 0.25) is 0 Å². The third kappa shape index (κ3) is 2.79. The van der Waals surface area contributed by atoms with Gasteiger partial charge in [-0.2, -0.15) is 0 Å². The molecule has 7 nitrogen and oxygen atoms in total. The Hall–Kier alpha value is -3.00. The first kappa shape index (κ1) is 15.9. The second kappa shape index (κ2) is 6.25. The Balaban J connectivity index is 1.99. The fraction of sp³-hybridized carbons (Fsp3) is 0.125. The average molecular weight is 342 g/mol. The van der Waals surface area contributed by atoms with Gasteiger partial charge in [0, 0.05) is 30.6 Å².